The third-order valence-corrected chi connectivity index (χ3v) is 4.72. The molecule has 2 rings (SSSR count). The fourth-order valence-electron chi connectivity index (χ4n) is 1.38. The third kappa shape index (κ3) is 3.78. The summed E-state index contributed by atoms with van der Waals surface area (Å²) in [4.78, 5) is 30.8. The van der Waals surface area contributed by atoms with Crippen molar-refractivity contribution in [2.24, 2.45) is 5.73 Å². The summed E-state index contributed by atoms with van der Waals surface area (Å²) in [7, 11) is 0. The molecule has 0 aliphatic rings. The van der Waals surface area contributed by atoms with Crippen molar-refractivity contribution in [1.29, 1.82) is 0 Å². The molecule has 0 aromatic carbocycles. The number of primary amides is 1. The van der Waals surface area contributed by atoms with Gasteiger partial charge >= 0.3 is 0 Å². The largest absolute Gasteiger partial charge is 0.369 e. The first-order valence-electron chi connectivity index (χ1n) is 5.66. The van der Waals surface area contributed by atoms with E-state index in [1.165, 1.54) is 23.1 Å². The lowest BCUT2D eigenvalue weighted by atomic mass is 10.2. The number of nitrogens with zero attached hydrogens (tertiary/aromatic N) is 2. The smallest absolute Gasteiger partial charge is 0.257 e. The molecular weight excluding hydrogens is 296 g/mol. The fraction of sp³-hybridized carbons (Fsp3) is 0.167. The van der Waals surface area contributed by atoms with Crippen molar-refractivity contribution in [3.63, 3.8) is 0 Å². The van der Waals surface area contributed by atoms with Crippen LogP contribution in [0.3, 0.4) is 0 Å². The second-order valence-corrected chi connectivity index (χ2v) is 6.08. The van der Waals surface area contributed by atoms with Crippen LogP contribution in [0, 0.1) is 6.92 Å². The Hall–Kier alpha value is -1.93. The molecule has 8 heteroatoms. The molecule has 0 spiro atoms. The lowest BCUT2D eigenvalue weighted by molar-refractivity contribution is -0.115. The van der Waals surface area contributed by atoms with Gasteiger partial charge in [0.15, 0.2) is 5.13 Å². The van der Waals surface area contributed by atoms with E-state index in [9.17, 15) is 9.59 Å². The number of aromatic nitrogens is 2. The first-order valence-corrected chi connectivity index (χ1v) is 7.46. The summed E-state index contributed by atoms with van der Waals surface area (Å²) in [5.41, 5.74) is 6.39. The minimum atomic E-state index is -0.384. The summed E-state index contributed by atoms with van der Waals surface area (Å²) in [5, 5.41) is 3.21. The molecule has 2 aromatic heterocycles. The predicted octanol–water partition coefficient (Wildman–Crippen LogP) is 1.68. The summed E-state index contributed by atoms with van der Waals surface area (Å²) in [6.07, 6.45) is 3.10. The molecule has 2 aromatic rings. The Bertz CT molecular complexity index is 628. The number of aryl methyl sites for hydroxylation is 1. The van der Waals surface area contributed by atoms with E-state index in [-0.39, 0.29) is 17.6 Å². The minimum Gasteiger partial charge on any atom is -0.369 e. The second-order valence-electron chi connectivity index (χ2n) is 3.84. The van der Waals surface area contributed by atoms with Crippen molar-refractivity contribution in [3.05, 3.63) is 35.8 Å². The van der Waals surface area contributed by atoms with Crippen molar-refractivity contribution in [3.8, 4) is 0 Å². The van der Waals surface area contributed by atoms with E-state index < -0.39 is 0 Å². The van der Waals surface area contributed by atoms with Crippen molar-refractivity contribution >= 4 is 40.0 Å². The molecule has 0 unspecified atom stereocenters. The van der Waals surface area contributed by atoms with Crippen LogP contribution in [0.4, 0.5) is 5.13 Å². The lowest BCUT2D eigenvalue weighted by Gasteiger charge is -2.00. The first kappa shape index (κ1) is 14.5. The summed E-state index contributed by atoms with van der Waals surface area (Å²) in [6.45, 7) is 1.82. The van der Waals surface area contributed by atoms with Gasteiger partial charge in [0.05, 0.1) is 15.7 Å². The number of hydrogen-bond donors (Lipinski definition) is 2. The predicted molar refractivity (Wildman–Crippen MR) is 79.0 cm³/mol. The number of hydrogen-bond acceptors (Lipinski definition) is 6. The zero-order chi connectivity index (χ0) is 14.5. The normalized spacial score (nSPS) is 10.2. The summed E-state index contributed by atoms with van der Waals surface area (Å²) in [6, 6.07) is 3.25. The number of pyridine rings is 1. The SMILES string of the molecule is Cc1nc(NC(=O)c2ccncc2)sc1SCC(N)=O. The number of carbonyl (C=O) groups is 2. The second kappa shape index (κ2) is 6.49. The molecule has 0 aliphatic carbocycles. The third-order valence-electron chi connectivity index (χ3n) is 2.26. The van der Waals surface area contributed by atoms with Crippen LogP contribution >= 0.6 is 23.1 Å². The summed E-state index contributed by atoms with van der Waals surface area (Å²) in [5.74, 6) is -0.432. The van der Waals surface area contributed by atoms with E-state index >= 15 is 0 Å². The highest BCUT2D eigenvalue weighted by atomic mass is 32.2. The maximum atomic E-state index is 11.9. The minimum absolute atomic E-state index is 0.195. The first-order chi connectivity index (χ1) is 9.56. The maximum Gasteiger partial charge on any atom is 0.257 e. The summed E-state index contributed by atoms with van der Waals surface area (Å²) >= 11 is 2.64. The van der Waals surface area contributed by atoms with Gasteiger partial charge in [-0.1, -0.05) is 11.3 Å². The van der Waals surface area contributed by atoms with Crippen molar-refractivity contribution in [1.82, 2.24) is 9.97 Å². The molecule has 2 amide bonds. The molecule has 0 fully saturated rings. The Morgan fingerprint density at radius 1 is 1.40 bits per heavy atom. The maximum absolute atomic E-state index is 11.9. The Morgan fingerprint density at radius 2 is 2.10 bits per heavy atom. The van der Waals surface area contributed by atoms with Gasteiger partial charge in [-0.25, -0.2) is 4.98 Å². The van der Waals surface area contributed by atoms with Crippen LogP contribution in [0.2, 0.25) is 0 Å². The Labute approximate surface area is 123 Å². The van der Waals surface area contributed by atoms with Crippen LogP contribution in [-0.2, 0) is 4.79 Å². The number of carbonyl (C=O) groups excluding carboxylic acids is 2. The zero-order valence-corrected chi connectivity index (χ0v) is 12.3. The fourth-order valence-corrected chi connectivity index (χ4v) is 3.25. The van der Waals surface area contributed by atoms with Gasteiger partial charge in [-0.2, -0.15) is 0 Å². The van der Waals surface area contributed by atoms with Crippen LogP contribution in [0.1, 0.15) is 16.1 Å². The molecule has 0 aliphatic heterocycles. The van der Waals surface area contributed by atoms with Gasteiger partial charge in [-0.3, -0.25) is 19.9 Å². The topological polar surface area (TPSA) is 98.0 Å². The average Bonchev–Trinajstić information content (AvgIpc) is 2.77. The highest BCUT2D eigenvalue weighted by Crippen LogP contribution is 2.31. The van der Waals surface area contributed by atoms with Crippen LogP contribution in [0.5, 0.6) is 0 Å². The molecule has 6 nitrogen and oxygen atoms in total. The molecule has 104 valence electrons. The van der Waals surface area contributed by atoms with E-state index in [0.717, 1.165) is 9.90 Å². The number of nitrogens with one attached hydrogen (secondary N) is 1. The molecule has 0 saturated heterocycles. The van der Waals surface area contributed by atoms with Crippen molar-refractivity contribution < 1.29 is 9.59 Å². The molecule has 2 heterocycles. The van der Waals surface area contributed by atoms with E-state index in [4.69, 9.17) is 5.73 Å². The van der Waals surface area contributed by atoms with E-state index in [0.29, 0.717) is 10.7 Å². The number of anilines is 1. The van der Waals surface area contributed by atoms with Crippen molar-refractivity contribution in [2.75, 3.05) is 11.1 Å². The molecule has 0 atom stereocenters. The van der Waals surface area contributed by atoms with Crippen molar-refractivity contribution in [2.45, 2.75) is 11.1 Å². The standard InChI is InChI=1S/C12H12N4O2S2/c1-7-11(19-6-9(13)17)20-12(15-7)16-10(18)8-2-4-14-5-3-8/h2-5H,6H2,1H3,(H2,13,17)(H,15,16,18). The van der Waals surface area contributed by atoms with Gasteiger partial charge in [0.2, 0.25) is 5.91 Å². The van der Waals surface area contributed by atoms with Gasteiger partial charge < -0.3 is 5.73 Å². The van der Waals surface area contributed by atoms with E-state index in [1.807, 2.05) is 6.92 Å². The van der Waals surface area contributed by atoms with Crippen LogP contribution in [-0.4, -0.2) is 27.5 Å². The monoisotopic (exact) mass is 308 g/mol. The van der Waals surface area contributed by atoms with Crippen LogP contribution in [0.25, 0.3) is 0 Å². The number of amides is 2. The molecular formula is C12H12N4O2S2. The molecule has 0 saturated carbocycles. The van der Waals surface area contributed by atoms with E-state index in [2.05, 4.69) is 15.3 Å². The summed E-state index contributed by atoms with van der Waals surface area (Å²) < 4.78 is 0.869. The number of nitrogens with two attached hydrogens (primary N) is 1. The molecule has 20 heavy (non-hydrogen) atoms. The lowest BCUT2D eigenvalue weighted by Crippen LogP contribution is -2.12. The molecule has 3 N–H and O–H groups in total. The van der Waals surface area contributed by atoms with Crippen LogP contribution < -0.4 is 11.1 Å². The Balaban J connectivity index is 2.05. The molecule has 0 bridgehead atoms. The molecule has 0 radical (unpaired) electrons. The number of thioether (sulfide) groups is 1. The number of thiazole rings is 1. The quantitative estimate of drug-likeness (QED) is 0.819. The highest BCUT2D eigenvalue weighted by Gasteiger charge is 2.12. The van der Waals surface area contributed by atoms with Gasteiger partial charge in [-0.05, 0) is 19.1 Å². The Kier molecular flexibility index (Phi) is 4.70. The average molecular weight is 308 g/mol. The van der Waals surface area contributed by atoms with Gasteiger partial charge in [0.1, 0.15) is 0 Å². The zero-order valence-electron chi connectivity index (χ0n) is 10.6. The van der Waals surface area contributed by atoms with Gasteiger partial charge in [-0.15, -0.1) is 11.8 Å². The van der Waals surface area contributed by atoms with Gasteiger partial charge in [0, 0.05) is 18.0 Å². The highest BCUT2D eigenvalue weighted by molar-refractivity contribution is 8.01. The number of rotatable bonds is 5. The Morgan fingerprint density at radius 3 is 2.75 bits per heavy atom. The van der Waals surface area contributed by atoms with Crippen LogP contribution in [0.15, 0.2) is 28.7 Å². The van der Waals surface area contributed by atoms with Gasteiger partial charge in [0.25, 0.3) is 5.91 Å². The van der Waals surface area contributed by atoms with E-state index in [1.54, 1.807) is 24.5 Å².